The van der Waals surface area contributed by atoms with Crippen molar-refractivity contribution in [3.05, 3.63) is 30.0 Å². The van der Waals surface area contributed by atoms with E-state index in [0.29, 0.717) is 5.75 Å². The molecule has 1 aromatic carbocycles. The Hall–Kier alpha value is -3.07. The monoisotopic (exact) mass is 391 g/mol. The normalized spacial score (nSPS) is 13.3. The first kappa shape index (κ1) is 21.2. The van der Waals surface area contributed by atoms with Gasteiger partial charge in [-0.05, 0) is 36.6 Å². The number of benzene rings is 1. The van der Waals surface area contributed by atoms with E-state index < -0.39 is 29.9 Å². The molecule has 28 heavy (non-hydrogen) atoms. The number of carboxylic acid groups (broad SMARTS) is 2. The van der Waals surface area contributed by atoms with Gasteiger partial charge in [0.15, 0.2) is 0 Å². The topological polar surface area (TPSA) is 141 Å². The smallest absolute Gasteiger partial charge is 0.322 e. The van der Waals surface area contributed by atoms with Crippen molar-refractivity contribution in [3.8, 4) is 5.75 Å². The number of ether oxygens (including phenoxy) is 1. The lowest BCUT2D eigenvalue weighted by molar-refractivity contribution is -0.142. The van der Waals surface area contributed by atoms with E-state index in [1.54, 1.807) is 31.4 Å². The molecule has 1 heterocycles. The van der Waals surface area contributed by atoms with Gasteiger partial charge in [-0.25, -0.2) is 0 Å². The van der Waals surface area contributed by atoms with Gasteiger partial charge in [0.25, 0.3) is 5.91 Å². The lowest BCUT2D eigenvalue weighted by atomic mass is 10.0. The number of methoxy groups -OCH3 is 1. The second kappa shape index (κ2) is 9.23. The van der Waals surface area contributed by atoms with Crippen LogP contribution in [0.4, 0.5) is 0 Å². The lowest BCUT2D eigenvalue weighted by Crippen LogP contribution is -2.52. The van der Waals surface area contributed by atoms with Crippen LogP contribution in [0.15, 0.2) is 24.3 Å². The van der Waals surface area contributed by atoms with E-state index >= 15 is 0 Å². The molecule has 9 heteroatoms. The third-order valence-electron chi connectivity index (χ3n) is 4.24. The molecule has 0 saturated heterocycles. The lowest BCUT2D eigenvalue weighted by Gasteiger charge is -2.21. The molecule has 0 bridgehead atoms. The second-order valence-corrected chi connectivity index (χ2v) is 6.92. The van der Waals surface area contributed by atoms with E-state index in [0.717, 1.165) is 10.9 Å². The van der Waals surface area contributed by atoms with Crippen molar-refractivity contribution in [2.75, 3.05) is 13.7 Å². The zero-order valence-electron chi connectivity index (χ0n) is 16.0. The highest BCUT2D eigenvalue weighted by Gasteiger charge is 2.27. The summed E-state index contributed by atoms with van der Waals surface area (Å²) in [6.45, 7) is 3.44. The molecule has 5 N–H and O–H groups in total. The van der Waals surface area contributed by atoms with Crippen molar-refractivity contribution < 1.29 is 29.3 Å². The standard InChI is InChI=1S/C19H25N3O6/c1-10(2)6-15(18(24)25)22-16(19(26)27)9-20-17(23)14-8-11-7-12(28-3)4-5-13(11)21-14/h4-5,7-8,10,15-16,21-22H,6,9H2,1-3H3,(H,20,23)(H,24,25)(H,26,27). The molecular weight excluding hydrogens is 366 g/mol. The molecule has 2 unspecified atom stereocenters. The van der Waals surface area contributed by atoms with Gasteiger partial charge in [0.05, 0.1) is 7.11 Å². The number of hydrogen-bond donors (Lipinski definition) is 5. The van der Waals surface area contributed by atoms with Gasteiger partial charge in [0.2, 0.25) is 0 Å². The van der Waals surface area contributed by atoms with Crippen molar-refractivity contribution in [2.45, 2.75) is 32.4 Å². The largest absolute Gasteiger partial charge is 0.497 e. The average Bonchev–Trinajstić information content (AvgIpc) is 3.06. The van der Waals surface area contributed by atoms with E-state index in [-0.39, 0.29) is 24.6 Å². The van der Waals surface area contributed by atoms with E-state index in [9.17, 15) is 24.6 Å². The van der Waals surface area contributed by atoms with E-state index in [1.807, 2.05) is 13.8 Å². The third-order valence-corrected chi connectivity index (χ3v) is 4.24. The number of rotatable bonds is 10. The van der Waals surface area contributed by atoms with Crippen molar-refractivity contribution in [1.29, 1.82) is 0 Å². The number of amides is 1. The van der Waals surface area contributed by atoms with Gasteiger partial charge < -0.3 is 25.3 Å². The van der Waals surface area contributed by atoms with Crippen LogP contribution in [0, 0.1) is 5.92 Å². The van der Waals surface area contributed by atoms with Crippen molar-refractivity contribution in [1.82, 2.24) is 15.6 Å². The van der Waals surface area contributed by atoms with Crippen molar-refractivity contribution >= 4 is 28.7 Å². The van der Waals surface area contributed by atoms with Gasteiger partial charge in [0.1, 0.15) is 23.5 Å². The van der Waals surface area contributed by atoms with Crippen molar-refractivity contribution in [3.63, 3.8) is 0 Å². The minimum absolute atomic E-state index is 0.0703. The number of carboxylic acids is 2. The molecule has 2 atom stereocenters. The van der Waals surface area contributed by atoms with Crippen LogP contribution in [-0.4, -0.2) is 58.8 Å². The number of carbonyl (C=O) groups is 3. The summed E-state index contributed by atoms with van der Waals surface area (Å²) in [6, 6.07) is 4.69. The summed E-state index contributed by atoms with van der Waals surface area (Å²) < 4.78 is 5.15. The van der Waals surface area contributed by atoms with Gasteiger partial charge in [-0.15, -0.1) is 0 Å². The predicted molar refractivity (Wildman–Crippen MR) is 103 cm³/mol. The first-order chi connectivity index (χ1) is 13.2. The summed E-state index contributed by atoms with van der Waals surface area (Å²) in [5.41, 5.74) is 1.01. The maximum atomic E-state index is 12.4. The van der Waals surface area contributed by atoms with Gasteiger partial charge >= 0.3 is 11.9 Å². The zero-order valence-corrected chi connectivity index (χ0v) is 16.0. The highest BCUT2D eigenvalue weighted by molar-refractivity contribution is 5.98. The maximum Gasteiger partial charge on any atom is 0.322 e. The van der Waals surface area contributed by atoms with Crippen LogP contribution in [0.1, 0.15) is 30.8 Å². The Morgan fingerprint density at radius 3 is 2.36 bits per heavy atom. The fourth-order valence-corrected chi connectivity index (χ4v) is 2.82. The maximum absolute atomic E-state index is 12.4. The molecular formula is C19H25N3O6. The summed E-state index contributed by atoms with van der Waals surface area (Å²) in [5, 5.41) is 24.5. The number of carbonyl (C=O) groups excluding carboxylic acids is 1. The van der Waals surface area contributed by atoms with Gasteiger partial charge in [-0.2, -0.15) is 0 Å². The highest BCUT2D eigenvalue weighted by atomic mass is 16.5. The molecule has 0 radical (unpaired) electrons. The number of aromatic nitrogens is 1. The minimum atomic E-state index is -1.24. The van der Waals surface area contributed by atoms with Crippen LogP contribution in [0.2, 0.25) is 0 Å². The zero-order chi connectivity index (χ0) is 20.8. The van der Waals surface area contributed by atoms with Crippen LogP contribution in [0.3, 0.4) is 0 Å². The molecule has 152 valence electrons. The molecule has 2 rings (SSSR count). The fraction of sp³-hybridized carbons (Fsp3) is 0.421. The molecule has 0 spiro atoms. The Morgan fingerprint density at radius 2 is 1.79 bits per heavy atom. The number of aliphatic carboxylic acids is 2. The summed E-state index contributed by atoms with van der Waals surface area (Å²) in [4.78, 5) is 38.2. The molecule has 0 aliphatic heterocycles. The van der Waals surface area contributed by atoms with Crippen LogP contribution in [-0.2, 0) is 9.59 Å². The van der Waals surface area contributed by atoms with Crippen LogP contribution in [0.5, 0.6) is 5.75 Å². The molecule has 0 aliphatic rings. The quantitative estimate of drug-likeness (QED) is 0.413. The number of H-pyrrole nitrogens is 1. The van der Waals surface area contributed by atoms with Gasteiger partial charge in [0, 0.05) is 17.4 Å². The summed E-state index contributed by atoms with van der Waals surface area (Å²) in [7, 11) is 1.55. The van der Waals surface area contributed by atoms with Crippen LogP contribution < -0.4 is 15.4 Å². The molecule has 0 fully saturated rings. The molecule has 9 nitrogen and oxygen atoms in total. The first-order valence-corrected chi connectivity index (χ1v) is 8.88. The van der Waals surface area contributed by atoms with Crippen LogP contribution in [0.25, 0.3) is 10.9 Å². The average molecular weight is 391 g/mol. The third kappa shape index (κ3) is 5.46. The van der Waals surface area contributed by atoms with Crippen LogP contribution >= 0.6 is 0 Å². The fourth-order valence-electron chi connectivity index (χ4n) is 2.82. The Labute approximate surface area is 162 Å². The number of aromatic amines is 1. The van der Waals surface area contributed by atoms with Crippen molar-refractivity contribution in [2.24, 2.45) is 5.92 Å². The molecule has 1 amide bonds. The Morgan fingerprint density at radius 1 is 1.11 bits per heavy atom. The second-order valence-electron chi connectivity index (χ2n) is 6.92. The highest BCUT2D eigenvalue weighted by Crippen LogP contribution is 2.21. The number of nitrogens with one attached hydrogen (secondary N) is 3. The molecule has 0 saturated carbocycles. The predicted octanol–water partition coefficient (Wildman–Crippen LogP) is 1.45. The van der Waals surface area contributed by atoms with Gasteiger partial charge in [-0.3, -0.25) is 19.7 Å². The minimum Gasteiger partial charge on any atom is -0.497 e. The van der Waals surface area contributed by atoms with E-state index in [1.165, 1.54) is 0 Å². The summed E-state index contributed by atoms with van der Waals surface area (Å²) in [6.07, 6.45) is 0.275. The Kier molecular flexibility index (Phi) is 7.00. The summed E-state index contributed by atoms with van der Waals surface area (Å²) >= 11 is 0. The SMILES string of the molecule is COc1ccc2[nH]c(C(=O)NCC(NC(CC(C)C)C(=O)O)C(=O)O)cc2c1. The number of fused-ring (bicyclic) bond motifs is 1. The Bertz CT molecular complexity index is 860. The van der Waals surface area contributed by atoms with E-state index in [2.05, 4.69) is 15.6 Å². The van der Waals surface area contributed by atoms with Gasteiger partial charge in [-0.1, -0.05) is 13.8 Å². The summed E-state index contributed by atoms with van der Waals surface area (Å²) in [5.74, 6) is -2.13. The molecule has 1 aromatic heterocycles. The Balaban J connectivity index is 2.05. The van der Waals surface area contributed by atoms with E-state index in [4.69, 9.17) is 4.74 Å². The first-order valence-electron chi connectivity index (χ1n) is 8.88. The molecule has 2 aromatic rings. The number of hydrogen-bond acceptors (Lipinski definition) is 5. The molecule has 0 aliphatic carbocycles.